The maximum Gasteiger partial charge on any atom is 0.143 e. The Morgan fingerprint density at radius 1 is 1.30 bits per heavy atom. The van der Waals surface area contributed by atoms with Gasteiger partial charge in [-0.2, -0.15) is 5.26 Å². The fourth-order valence-corrected chi connectivity index (χ4v) is 3.36. The van der Waals surface area contributed by atoms with E-state index in [4.69, 9.17) is 14.7 Å². The van der Waals surface area contributed by atoms with Crippen molar-refractivity contribution in [2.24, 2.45) is 5.92 Å². The topological polar surface area (TPSA) is 57.5 Å². The largest absolute Gasteiger partial charge is 0.382 e. The summed E-state index contributed by atoms with van der Waals surface area (Å²) in [6.07, 6.45) is 1.04. The van der Waals surface area contributed by atoms with Crippen LogP contribution in [0.2, 0.25) is 0 Å². The lowest BCUT2D eigenvalue weighted by molar-refractivity contribution is 0.00461. The number of hydrogen-bond donors (Lipinski definition) is 1. The molecule has 124 valence electrons. The zero-order chi connectivity index (χ0) is 16.1. The third kappa shape index (κ3) is 3.81. The minimum Gasteiger partial charge on any atom is -0.382 e. The van der Waals surface area contributed by atoms with E-state index in [1.165, 1.54) is 6.07 Å². The quantitative estimate of drug-likeness (QED) is 0.897. The van der Waals surface area contributed by atoms with Gasteiger partial charge in [-0.25, -0.2) is 4.39 Å². The number of nitriles is 1. The van der Waals surface area contributed by atoms with E-state index in [9.17, 15) is 4.39 Å². The summed E-state index contributed by atoms with van der Waals surface area (Å²) in [5.74, 6) is -0.0238. The molecule has 2 fully saturated rings. The molecule has 0 saturated carbocycles. The molecule has 0 spiro atoms. The van der Waals surface area contributed by atoms with Crippen LogP contribution in [0.25, 0.3) is 0 Å². The van der Waals surface area contributed by atoms with Crippen molar-refractivity contribution in [2.75, 3.05) is 51.4 Å². The van der Waals surface area contributed by atoms with Gasteiger partial charge in [0.15, 0.2) is 0 Å². The number of hydrogen-bond acceptors (Lipinski definition) is 5. The van der Waals surface area contributed by atoms with E-state index in [1.807, 2.05) is 6.07 Å². The van der Waals surface area contributed by atoms with Gasteiger partial charge in [0.25, 0.3) is 0 Å². The van der Waals surface area contributed by atoms with E-state index >= 15 is 0 Å². The summed E-state index contributed by atoms with van der Waals surface area (Å²) < 4.78 is 24.7. The summed E-state index contributed by atoms with van der Waals surface area (Å²) in [7, 11) is 0. The normalized spacial score (nSPS) is 23.4. The molecule has 0 bridgehead atoms. The molecule has 0 aromatic heterocycles. The van der Waals surface area contributed by atoms with E-state index in [-0.39, 0.29) is 5.56 Å². The number of ether oxygens (including phenoxy) is 2. The standard InChI is InChI=1S/C17H22FN3O2/c18-15-2-1-3-16(14(15)10-19)20-11-17(13-4-7-23-12-13)21-5-8-22-9-6-21/h1-3,13,17,20H,4-9,11-12H2/t13-,17-/m1/s1. The van der Waals surface area contributed by atoms with Gasteiger partial charge in [0, 0.05) is 38.2 Å². The molecule has 2 aliphatic heterocycles. The lowest BCUT2D eigenvalue weighted by Crippen LogP contribution is -2.50. The zero-order valence-electron chi connectivity index (χ0n) is 13.1. The van der Waals surface area contributed by atoms with Crippen LogP contribution >= 0.6 is 0 Å². The van der Waals surface area contributed by atoms with Crippen LogP contribution in [0.15, 0.2) is 18.2 Å². The fraction of sp³-hybridized carbons (Fsp3) is 0.588. The minimum atomic E-state index is -0.482. The Kier molecular flexibility index (Phi) is 5.44. The number of nitrogens with one attached hydrogen (secondary N) is 1. The summed E-state index contributed by atoms with van der Waals surface area (Å²) in [6.45, 7) is 5.52. The van der Waals surface area contributed by atoms with Gasteiger partial charge in [-0.1, -0.05) is 6.07 Å². The van der Waals surface area contributed by atoms with Gasteiger partial charge in [-0.05, 0) is 18.6 Å². The van der Waals surface area contributed by atoms with Crippen LogP contribution < -0.4 is 5.32 Å². The Morgan fingerprint density at radius 3 is 2.83 bits per heavy atom. The van der Waals surface area contributed by atoms with E-state index in [1.54, 1.807) is 12.1 Å². The highest BCUT2D eigenvalue weighted by atomic mass is 19.1. The first kappa shape index (κ1) is 16.2. The van der Waals surface area contributed by atoms with Crippen molar-refractivity contribution in [3.63, 3.8) is 0 Å². The second-order valence-corrected chi connectivity index (χ2v) is 5.99. The van der Waals surface area contributed by atoms with Crippen LogP contribution in [0, 0.1) is 23.1 Å². The highest BCUT2D eigenvalue weighted by Crippen LogP contribution is 2.24. The number of anilines is 1. The van der Waals surface area contributed by atoms with Gasteiger partial charge in [0.2, 0.25) is 0 Å². The van der Waals surface area contributed by atoms with Crippen molar-refractivity contribution in [3.8, 4) is 6.07 Å². The predicted octanol–water partition coefficient (Wildman–Crippen LogP) is 1.85. The number of nitrogens with zero attached hydrogens (tertiary/aromatic N) is 2. The highest BCUT2D eigenvalue weighted by Gasteiger charge is 2.31. The number of morpholine rings is 1. The molecule has 3 rings (SSSR count). The van der Waals surface area contributed by atoms with Crippen LogP contribution in [-0.4, -0.2) is 57.0 Å². The summed E-state index contributed by atoms with van der Waals surface area (Å²) >= 11 is 0. The second-order valence-electron chi connectivity index (χ2n) is 5.99. The first-order chi connectivity index (χ1) is 11.3. The molecule has 0 unspecified atom stereocenters. The monoisotopic (exact) mass is 319 g/mol. The molecule has 1 N–H and O–H groups in total. The molecule has 2 heterocycles. The first-order valence-corrected chi connectivity index (χ1v) is 8.11. The highest BCUT2D eigenvalue weighted by molar-refractivity contribution is 5.57. The third-order valence-electron chi connectivity index (χ3n) is 4.65. The molecule has 0 amide bonds. The van der Waals surface area contributed by atoms with Gasteiger partial charge in [0.05, 0.1) is 25.5 Å². The van der Waals surface area contributed by atoms with Crippen LogP contribution in [0.1, 0.15) is 12.0 Å². The van der Waals surface area contributed by atoms with Gasteiger partial charge in [-0.15, -0.1) is 0 Å². The van der Waals surface area contributed by atoms with Crippen molar-refractivity contribution >= 4 is 5.69 Å². The maximum absolute atomic E-state index is 13.7. The second kappa shape index (κ2) is 7.73. The summed E-state index contributed by atoms with van der Waals surface area (Å²) in [5, 5.41) is 12.4. The Labute approximate surface area is 136 Å². The summed E-state index contributed by atoms with van der Waals surface area (Å²) in [4.78, 5) is 2.42. The Balaban J connectivity index is 1.71. The van der Waals surface area contributed by atoms with E-state index in [2.05, 4.69) is 10.2 Å². The van der Waals surface area contributed by atoms with Gasteiger partial charge < -0.3 is 14.8 Å². The van der Waals surface area contributed by atoms with E-state index in [0.29, 0.717) is 24.2 Å². The fourth-order valence-electron chi connectivity index (χ4n) is 3.36. The average Bonchev–Trinajstić information content (AvgIpc) is 3.10. The van der Waals surface area contributed by atoms with Crippen molar-refractivity contribution in [3.05, 3.63) is 29.6 Å². The average molecular weight is 319 g/mol. The van der Waals surface area contributed by atoms with Crippen molar-refractivity contribution in [2.45, 2.75) is 12.5 Å². The molecule has 5 nitrogen and oxygen atoms in total. The third-order valence-corrected chi connectivity index (χ3v) is 4.65. The molecule has 1 aromatic carbocycles. The molecule has 6 heteroatoms. The molecule has 2 atom stereocenters. The number of benzene rings is 1. The lowest BCUT2D eigenvalue weighted by atomic mass is 9.96. The van der Waals surface area contributed by atoms with Crippen LogP contribution in [0.5, 0.6) is 0 Å². The molecule has 23 heavy (non-hydrogen) atoms. The number of halogens is 1. The summed E-state index contributed by atoms with van der Waals surface area (Å²) in [5.41, 5.74) is 0.639. The first-order valence-electron chi connectivity index (χ1n) is 8.11. The van der Waals surface area contributed by atoms with Gasteiger partial charge in [-0.3, -0.25) is 4.90 Å². The molecular formula is C17H22FN3O2. The van der Waals surface area contributed by atoms with Crippen LogP contribution in [0.3, 0.4) is 0 Å². The lowest BCUT2D eigenvalue weighted by Gasteiger charge is -2.37. The smallest absolute Gasteiger partial charge is 0.143 e. The van der Waals surface area contributed by atoms with Crippen LogP contribution in [0.4, 0.5) is 10.1 Å². The van der Waals surface area contributed by atoms with E-state index < -0.39 is 5.82 Å². The Hall–Kier alpha value is -1.68. The minimum absolute atomic E-state index is 0.0795. The van der Waals surface area contributed by atoms with Gasteiger partial charge in [0.1, 0.15) is 17.4 Å². The van der Waals surface area contributed by atoms with Crippen molar-refractivity contribution in [1.29, 1.82) is 5.26 Å². The molecule has 1 aromatic rings. The van der Waals surface area contributed by atoms with Crippen LogP contribution in [-0.2, 0) is 9.47 Å². The Bertz CT molecular complexity index is 563. The molecule has 2 saturated heterocycles. The SMILES string of the molecule is N#Cc1c(F)cccc1NC[C@H]([C@@H]1CCOC1)N1CCOCC1. The van der Waals surface area contributed by atoms with E-state index in [0.717, 1.165) is 45.9 Å². The van der Waals surface area contributed by atoms with Crippen molar-refractivity contribution in [1.82, 2.24) is 4.90 Å². The zero-order valence-corrected chi connectivity index (χ0v) is 13.1. The number of rotatable bonds is 5. The Morgan fingerprint density at radius 2 is 2.13 bits per heavy atom. The van der Waals surface area contributed by atoms with Crippen molar-refractivity contribution < 1.29 is 13.9 Å². The van der Waals surface area contributed by atoms with Gasteiger partial charge >= 0.3 is 0 Å². The molecule has 0 radical (unpaired) electrons. The molecular weight excluding hydrogens is 297 g/mol. The predicted molar refractivity (Wildman–Crippen MR) is 84.7 cm³/mol. The summed E-state index contributed by atoms with van der Waals surface area (Å²) in [6, 6.07) is 6.94. The molecule has 2 aliphatic rings. The molecule has 0 aliphatic carbocycles. The maximum atomic E-state index is 13.7.